The fourth-order valence-corrected chi connectivity index (χ4v) is 3.63. The summed E-state index contributed by atoms with van der Waals surface area (Å²) in [7, 11) is 2.26. The zero-order valence-corrected chi connectivity index (χ0v) is 10.1. The van der Waals surface area contributed by atoms with Crippen molar-refractivity contribution in [3.63, 3.8) is 0 Å². The Balaban J connectivity index is 2.20. The van der Waals surface area contributed by atoms with E-state index >= 15 is 0 Å². The second kappa shape index (κ2) is 3.21. The zero-order chi connectivity index (χ0) is 10.4. The third-order valence-electron chi connectivity index (χ3n) is 4.62. The van der Waals surface area contributed by atoms with Crippen LogP contribution in [-0.4, -0.2) is 48.6 Å². The van der Waals surface area contributed by atoms with Gasteiger partial charge in [-0.05, 0) is 39.9 Å². The van der Waals surface area contributed by atoms with Crippen LogP contribution in [0.2, 0.25) is 0 Å². The summed E-state index contributed by atoms with van der Waals surface area (Å²) in [6, 6.07) is 0. The lowest BCUT2D eigenvalue weighted by Crippen LogP contribution is -2.50. The molecule has 2 aliphatic rings. The molecule has 2 saturated heterocycles. The summed E-state index contributed by atoms with van der Waals surface area (Å²) in [5.41, 5.74) is 0.981. The SMILES string of the molecule is CCCN1CC[C@]2(C)CN(C)C[C@]12C. The van der Waals surface area contributed by atoms with Crippen LogP contribution in [0.3, 0.4) is 0 Å². The summed E-state index contributed by atoms with van der Waals surface area (Å²) in [5.74, 6) is 0. The van der Waals surface area contributed by atoms with Gasteiger partial charge in [-0.25, -0.2) is 0 Å². The highest BCUT2D eigenvalue weighted by Crippen LogP contribution is 2.49. The largest absolute Gasteiger partial charge is 0.304 e. The number of likely N-dealkylation sites (N-methyl/N-ethyl adjacent to an activating group) is 1. The summed E-state index contributed by atoms with van der Waals surface area (Å²) in [4.78, 5) is 5.22. The summed E-state index contributed by atoms with van der Waals surface area (Å²) in [6.45, 7) is 12.4. The molecule has 0 aliphatic carbocycles. The quantitative estimate of drug-likeness (QED) is 0.664. The molecule has 0 aromatic carbocycles. The molecule has 14 heavy (non-hydrogen) atoms. The highest BCUT2D eigenvalue weighted by molar-refractivity contribution is 5.12. The summed E-state index contributed by atoms with van der Waals surface area (Å²) in [6.07, 6.45) is 2.67. The van der Waals surface area contributed by atoms with Gasteiger partial charge < -0.3 is 4.90 Å². The van der Waals surface area contributed by atoms with Crippen molar-refractivity contribution in [2.75, 3.05) is 33.2 Å². The number of hydrogen-bond donors (Lipinski definition) is 0. The molecule has 0 aromatic heterocycles. The van der Waals surface area contributed by atoms with Crippen molar-refractivity contribution in [2.24, 2.45) is 5.41 Å². The smallest absolute Gasteiger partial charge is 0.0374 e. The molecule has 0 unspecified atom stereocenters. The molecule has 0 saturated carbocycles. The van der Waals surface area contributed by atoms with Gasteiger partial charge in [-0.1, -0.05) is 13.8 Å². The minimum Gasteiger partial charge on any atom is -0.304 e. The van der Waals surface area contributed by atoms with Crippen molar-refractivity contribution in [1.29, 1.82) is 0 Å². The highest BCUT2D eigenvalue weighted by Gasteiger charge is 2.57. The lowest BCUT2D eigenvalue weighted by molar-refractivity contribution is 0.105. The van der Waals surface area contributed by atoms with E-state index in [2.05, 4.69) is 37.6 Å². The Labute approximate surface area is 88.3 Å². The topological polar surface area (TPSA) is 6.48 Å². The van der Waals surface area contributed by atoms with Gasteiger partial charge >= 0.3 is 0 Å². The third-order valence-corrected chi connectivity index (χ3v) is 4.62. The van der Waals surface area contributed by atoms with Gasteiger partial charge in [0.25, 0.3) is 0 Å². The average molecular weight is 196 g/mol. The van der Waals surface area contributed by atoms with Crippen LogP contribution >= 0.6 is 0 Å². The van der Waals surface area contributed by atoms with Crippen LogP contribution in [0.5, 0.6) is 0 Å². The van der Waals surface area contributed by atoms with Gasteiger partial charge in [-0.2, -0.15) is 0 Å². The highest BCUT2D eigenvalue weighted by atomic mass is 15.3. The van der Waals surface area contributed by atoms with Gasteiger partial charge in [0.15, 0.2) is 0 Å². The van der Waals surface area contributed by atoms with Crippen molar-refractivity contribution in [2.45, 2.75) is 39.2 Å². The van der Waals surface area contributed by atoms with E-state index < -0.39 is 0 Å². The molecule has 0 bridgehead atoms. The van der Waals surface area contributed by atoms with Crippen LogP contribution in [0.4, 0.5) is 0 Å². The van der Waals surface area contributed by atoms with Crippen LogP contribution in [0.15, 0.2) is 0 Å². The monoisotopic (exact) mass is 196 g/mol. The van der Waals surface area contributed by atoms with Gasteiger partial charge in [0, 0.05) is 24.0 Å². The lowest BCUT2D eigenvalue weighted by Gasteiger charge is -2.39. The summed E-state index contributed by atoms with van der Waals surface area (Å²) in [5, 5.41) is 0. The molecular weight excluding hydrogens is 172 g/mol. The second-order valence-corrected chi connectivity index (χ2v) is 5.74. The van der Waals surface area contributed by atoms with Crippen LogP contribution in [0, 0.1) is 5.41 Å². The van der Waals surface area contributed by atoms with E-state index in [0.29, 0.717) is 11.0 Å². The number of rotatable bonds is 2. The minimum atomic E-state index is 0.442. The molecule has 0 aromatic rings. The number of fused-ring (bicyclic) bond motifs is 1. The van der Waals surface area contributed by atoms with Crippen molar-refractivity contribution >= 4 is 0 Å². The first-order valence-electron chi connectivity index (χ1n) is 5.95. The number of likely N-dealkylation sites (tertiary alicyclic amines) is 2. The van der Waals surface area contributed by atoms with Crippen molar-refractivity contribution in [3.05, 3.63) is 0 Å². The molecule has 2 rings (SSSR count). The maximum atomic E-state index is 2.72. The van der Waals surface area contributed by atoms with E-state index in [4.69, 9.17) is 0 Å². The third kappa shape index (κ3) is 1.24. The molecule has 2 fully saturated rings. The maximum Gasteiger partial charge on any atom is 0.0374 e. The molecule has 0 N–H and O–H groups in total. The van der Waals surface area contributed by atoms with Crippen LogP contribution in [-0.2, 0) is 0 Å². The Hall–Kier alpha value is -0.0800. The van der Waals surface area contributed by atoms with Crippen LogP contribution in [0.25, 0.3) is 0 Å². The molecule has 0 radical (unpaired) electrons. The van der Waals surface area contributed by atoms with Crippen molar-refractivity contribution < 1.29 is 0 Å². The van der Waals surface area contributed by atoms with Gasteiger partial charge in [0.1, 0.15) is 0 Å². The predicted molar refractivity (Wildman–Crippen MR) is 60.5 cm³/mol. The van der Waals surface area contributed by atoms with Crippen LogP contribution < -0.4 is 0 Å². The van der Waals surface area contributed by atoms with E-state index in [1.807, 2.05) is 0 Å². The average Bonchev–Trinajstić information content (AvgIpc) is 2.43. The van der Waals surface area contributed by atoms with E-state index in [1.54, 1.807) is 0 Å². The van der Waals surface area contributed by atoms with Gasteiger partial charge in [0.2, 0.25) is 0 Å². The van der Waals surface area contributed by atoms with Gasteiger partial charge in [-0.3, -0.25) is 4.90 Å². The molecule has 2 atom stereocenters. The zero-order valence-electron chi connectivity index (χ0n) is 10.1. The molecule has 2 nitrogen and oxygen atoms in total. The molecule has 2 aliphatic heterocycles. The summed E-state index contributed by atoms with van der Waals surface area (Å²) >= 11 is 0. The van der Waals surface area contributed by atoms with Gasteiger partial charge in [0.05, 0.1) is 0 Å². The maximum absolute atomic E-state index is 2.72. The lowest BCUT2D eigenvalue weighted by atomic mass is 9.75. The molecular formula is C12H24N2. The fraction of sp³-hybridized carbons (Fsp3) is 1.00. The standard InChI is InChI=1S/C12H24N2/c1-5-7-14-8-6-11(2)9-13(4)10-12(11,14)3/h5-10H2,1-4H3/t11-,12+/m1/s1. The molecule has 2 heterocycles. The minimum absolute atomic E-state index is 0.442. The number of nitrogens with zero attached hydrogens (tertiary/aromatic N) is 2. The van der Waals surface area contributed by atoms with E-state index in [0.717, 1.165) is 0 Å². The summed E-state index contributed by atoms with van der Waals surface area (Å²) < 4.78 is 0. The molecule has 2 heteroatoms. The van der Waals surface area contributed by atoms with E-state index in [1.165, 1.54) is 39.0 Å². The predicted octanol–water partition coefficient (Wildman–Crippen LogP) is 1.81. The van der Waals surface area contributed by atoms with E-state index in [9.17, 15) is 0 Å². The molecule has 0 spiro atoms. The first-order chi connectivity index (χ1) is 6.52. The fourth-order valence-electron chi connectivity index (χ4n) is 3.63. The first-order valence-corrected chi connectivity index (χ1v) is 5.95. The Morgan fingerprint density at radius 1 is 1.21 bits per heavy atom. The Kier molecular flexibility index (Phi) is 2.39. The molecule has 0 amide bonds. The Morgan fingerprint density at radius 2 is 1.93 bits per heavy atom. The Morgan fingerprint density at radius 3 is 2.57 bits per heavy atom. The first kappa shape index (κ1) is 10.4. The Bertz CT molecular complexity index is 228. The van der Waals surface area contributed by atoms with Crippen molar-refractivity contribution in [1.82, 2.24) is 9.80 Å². The normalized spacial score (nSPS) is 44.6. The van der Waals surface area contributed by atoms with E-state index in [-0.39, 0.29) is 0 Å². The number of hydrogen-bond acceptors (Lipinski definition) is 2. The van der Waals surface area contributed by atoms with Crippen molar-refractivity contribution in [3.8, 4) is 0 Å². The molecule has 82 valence electrons. The second-order valence-electron chi connectivity index (χ2n) is 5.74. The van der Waals surface area contributed by atoms with Crippen LogP contribution in [0.1, 0.15) is 33.6 Å². The van der Waals surface area contributed by atoms with Gasteiger partial charge in [-0.15, -0.1) is 0 Å².